The van der Waals surface area contributed by atoms with E-state index in [1.54, 1.807) is 36.4 Å². The van der Waals surface area contributed by atoms with Crippen LogP contribution in [-0.2, 0) is 11.2 Å². The van der Waals surface area contributed by atoms with Crippen LogP contribution < -0.4 is 16.2 Å². The van der Waals surface area contributed by atoms with Crippen LogP contribution in [0.15, 0.2) is 53.3 Å². The normalized spacial score (nSPS) is 10.5. The Balaban J connectivity index is 1.99. The molecule has 1 heterocycles. The Morgan fingerprint density at radius 1 is 1.10 bits per heavy atom. The highest BCUT2D eigenvalue weighted by Gasteiger charge is 2.18. The Bertz CT molecular complexity index is 1180. The van der Waals surface area contributed by atoms with Gasteiger partial charge < -0.3 is 15.7 Å². The molecule has 0 saturated carbocycles. The van der Waals surface area contributed by atoms with Crippen molar-refractivity contribution in [3.8, 4) is 11.4 Å². The van der Waals surface area contributed by atoms with E-state index in [1.165, 1.54) is 6.92 Å². The van der Waals surface area contributed by atoms with Gasteiger partial charge in [0.05, 0.1) is 5.69 Å². The maximum Gasteiger partial charge on any atom is 0.280 e. The van der Waals surface area contributed by atoms with Crippen molar-refractivity contribution in [2.24, 2.45) is 0 Å². The third-order valence-electron chi connectivity index (χ3n) is 4.43. The quantitative estimate of drug-likeness (QED) is 0.603. The Labute approximate surface area is 173 Å². The largest absolute Gasteiger partial charge is 0.505 e. The Kier molecular flexibility index (Phi) is 5.96. The molecule has 1 aromatic heterocycles. The van der Waals surface area contributed by atoms with E-state index in [9.17, 15) is 19.5 Å². The summed E-state index contributed by atoms with van der Waals surface area (Å²) in [6, 6.07) is 13.2. The van der Waals surface area contributed by atoms with Crippen molar-refractivity contribution in [3.05, 3.63) is 75.7 Å². The van der Waals surface area contributed by atoms with E-state index >= 15 is 0 Å². The highest BCUT2D eigenvalue weighted by atomic mass is 16.3. The van der Waals surface area contributed by atoms with Crippen molar-refractivity contribution in [2.75, 3.05) is 10.6 Å². The molecule has 3 N–H and O–H groups in total. The number of aromatic hydroxyl groups is 1. The number of aryl methyl sites for hydroxylation is 2. The number of aromatic nitrogens is 2. The summed E-state index contributed by atoms with van der Waals surface area (Å²) in [7, 11) is 0. The highest BCUT2D eigenvalue weighted by molar-refractivity contribution is 6.05. The summed E-state index contributed by atoms with van der Waals surface area (Å²) in [6.45, 7) is 5.19. The monoisotopic (exact) mass is 406 g/mol. The van der Waals surface area contributed by atoms with E-state index in [1.807, 2.05) is 19.9 Å². The number of carbonyl (C=O) groups excluding carboxylic acids is 2. The van der Waals surface area contributed by atoms with E-state index in [4.69, 9.17) is 0 Å². The predicted molar refractivity (Wildman–Crippen MR) is 114 cm³/mol. The minimum atomic E-state index is -0.677. The zero-order valence-electron chi connectivity index (χ0n) is 16.9. The summed E-state index contributed by atoms with van der Waals surface area (Å²) in [6.07, 6.45) is 0.637. The second-order valence-electron chi connectivity index (χ2n) is 6.83. The fraction of sp³-hybridized carbons (Fsp3) is 0.182. The van der Waals surface area contributed by atoms with Crippen molar-refractivity contribution in [3.63, 3.8) is 0 Å². The van der Waals surface area contributed by atoms with Gasteiger partial charge in [-0.3, -0.25) is 14.4 Å². The van der Waals surface area contributed by atoms with Crippen molar-refractivity contribution in [1.29, 1.82) is 0 Å². The summed E-state index contributed by atoms with van der Waals surface area (Å²) < 4.78 is 1.07. The predicted octanol–water partition coefficient (Wildman–Crippen LogP) is 3.02. The van der Waals surface area contributed by atoms with Crippen LogP contribution in [0.4, 0.5) is 11.4 Å². The van der Waals surface area contributed by atoms with Crippen molar-refractivity contribution in [1.82, 2.24) is 9.78 Å². The average molecular weight is 406 g/mol. The highest BCUT2D eigenvalue weighted by Crippen LogP contribution is 2.23. The average Bonchev–Trinajstić information content (AvgIpc) is 2.67. The van der Waals surface area contributed by atoms with Gasteiger partial charge in [-0.25, -0.2) is 0 Å². The van der Waals surface area contributed by atoms with Crippen LogP contribution in [0.3, 0.4) is 0 Å². The third kappa shape index (κ3) is 4.54. The summed E-state index contributed by atoms with van der Waals surface area (Å²) in [5, 5.41) is 19.6. The summed E-state index contributed by atoms with van der Waals surface area (Å²) in [4.78, 5) is 36.5. The number of benzene rings is 2. The number of hydrogen-bond donors (Lipinski definition) is 3. The lowest BCUT2D eigenvalue weighted by Crippen LogP contribution is -2.25. The number of anilines is 2. The molecule has 0 aliphatic carbocycles. The summed E-state index contributed by atoms with van der Waals surface area (Å²) in [5.41, 5.74) is 2.39. The minimum absolute atomic E-state index is 0.235. The number of nitrogens with one attached hydrogen (secondary N) is 2. The van der Waals surface area contributed by atoms with Gasteiger partial charge in [0.1, 0.15) is 0 Å². The maximum atomic E-state index is 12.9. The third-order valence-corrected chi connectivity index (χ3v) is 4.43. The van der Waals surface area contributed by atoms with Crippen LogP contribution in [0.2, 0.25) is 0 Å². The smallest absolute Gasteiger partial charge is 0.280 e. The maximum absolute atomic E-state index is 12.9. The van der Waals surface area contributed by atoms with E-state index < -0.39 is 17.2 Å². The van der Waals surface area contributed by atoms with Gasteiger partial charge in [-0.15, -0.1) is 0 Å². The van der Waals surface area contributed by atoms with Gasteiger partial charge in [0.15, 0.2) is 11.4 Å². The van der Waals surface area contributed by atoms with Crippen molar-refractivity contribution < 1.29 is 14.7 Å². The molecule has 8 nitrogen and oxygen atoms in total. The summed E-state index contributed by atoms with van der Waals surface area (Å²) >= 11 is 0. The van der Waals surface area contributed by atoms with Gasteiger partial charge >= 0.3 is 0 Å². The molecule has 2 amide bonds. The first-order valence-corrected chi connectivity index (χ1v) is 9.40. The standard InChI is InChI=1S/C22H22N4O4/c1-4-15-8-9-16(23-14(3)27)11-18(15)24-22(30)21-19(28)12-20(29)26(25-21)17-7-5-6-13(2)10-17/h5-12,28H,4H2,1-3H3,(H,23,27)(H,24,30). The molecule has 0 fully saturated rings. The molecule has 3 aromatic rings. The number of amides is 2. The zero-order chi connectivity index (χ0) is 21.8. The van der Waals surface area contributed by atoms with Crippen LogP contribution in [0.5, 0.6) is 5.75 Å². The van der Waals surface area contributed by atoms with E-state index in [0.717, 1.165) is 21.9 Å². The molecule has 3 rings (SSSR count). The van der Waals surface area contributed by atoms with Crippen molar-refractivity contribution >= 4 is 23.2 Å². The van der Waals surface area contributed by atoms with Crippen LogP contribution in [0, 0.1) is 6.92 Å². The molecule has 0 spiro atoms. The van der Waals surface area contributed by atoms with Crippen LogP contribution in [-0.4, -0.2) is 26.7 Å². The van der Waals surface area contributed by atoms with E-state index in [2.05, 4.69) is 15.7 Å². The van der Waals surface area contributed by atoms with Crippen LogP contribution in [0.1, 0.15) is 35.5 Å². The van der Waals surface area contributed by atoms with Gasteiger partial charge in [0.25, 0.3) is 11.5 Å². The molecular weight excluding hydrogens is 384 g/mol. The van der Waals surface area contributed by atoms with Gasteiger partial charge in [-0.05, 0) is 48.7 Å². The molecular formula is C22H22N4O4. The topological polar surface area (TPSA) is 113 Å². The minimum Gasteiger partial charge on any atom is -0.505 e. The Morgan fingerprint density at radius 2 is 1.87 bits per heavy atom. The molecule has 0 aliphatic rings. The number of hydrogen-bond acceptors (Lipinski definition) is 5. The molecule has 30 heavy (non-hydrogen) atoms. The molecule has 0 unspecified atom stereocenters. The second kappa shape index (κ2) is 8.60. The lowest BCUT2D eigenvalue weighted by Gasteiger charge is -2.13. The molecule has 0 atom stereocenters. The lowest BCUT2D eigenvalue weighted by molar-refractivity contribution is -0.114. The first kappa shape index (κ1) is 20.8. The number of nitrogens with zero attached hydrogens (tertiary/aromatic N) is 2. The van der Waals surface area contributed by atoms with Gasteiger partial charge in [0, 0.05) is 24.4 Å². The van der Waals surface area contributed by atoms with Crippen LogP contribution >= 0.6 is 0 Å². The first-order valence-electron chi connectivity index (χ1n) is 9.40. The lowest BCUT2D eigenvalue weighted by atomic mass is 10.1. The first-order chi connectivity index (χ1) is 14.3. The fourth-order valence-corrected chi connectivity index (χ4v) is 3.02. The SMILES string of the molecule is CCc1ccc(NC(C)=O)cc1NC(=O)c1nn(-c2cccc(C)c2)c(=O)cc1O. The van der Waals surface area contributed by atoms with Crippen molar-refractivity contribution in [2.45, 2.75) is 27.2 Å². The Morgan fingerprint density at radius 3 is 2.53 bits per heavy atom. The van der Waals surface area contributed by atoms with Gasteiger partial charge in [0.2, 0.25) is 5.91 Å². The van der Waals surface area contributed by atoms with Crippen LogP contribution in [0.25, 0.3) is 5.69 Å². The number of carbonyl (C=O) groups is 2. The molecule has 0 bridgehead atoms. The molecule has 8 heteroatoms. The molecule has 0 saturated heterocycles. The molecule has 0 radical (unpaired) electrons. The number of rotatable bonds is 5. The van der Waals surface area contributed by atoms with E-state index in [-0.39, 0.29) is 11.6 Å². The fourth-order valence-electron chi connectivity index (χ4n) is 3.02. The Hall–Kier alpha value is -3.94. The van der Waals surface area contributed by atoms with Gasteiger partial charge in [-0.1, -0.05) is 25.1 Å². The van der Waals surface area contributed by atoms with E-state index in [0.29, 0.717) is 23.5 Å². The second-order valence-corrected chi connectivity index (χ2v) is 6.83. The summed E-state index contributed by atoms with van der Waals surface area (Å²) in [5.74, 6) is -1.43. The molecule has 2 aromatic carbocycles. The van der Waals surface area contributed by atoms with Gasteiger partial charge in [-0.2, -0.15) is 9.78 Å². The zero-order valence-corrected chi connectivity index (χ0v) is 16.9. The molecule has 154 valence electrons. The molecule has 0 aliphatic heterocycles.